The number of nitrogens with zero attached hydrogens (tertiary/aromatic N) is 3. The second-order valence-corrected chi connectivity index (χ2v) is 6.99. The lowest BCUT2D eigenvalue weighted by atomic mass is 10.0. The Hall–Kier alpha value is -2.83. The Morgan fingerprint density at radius 1 is 1.14 bits per heavy atom. The van der Waals surface area contributed by atoms with E-state index in [4.69, 9.17) is 4.74 Å². The van der Waals surface area contributed by atoms with E-state index < -0.39 is 0 Å². The van der Waals surface area contributed by atoms with Crippen molar-refractivity contribution in [1.29, 1.82) is 0 Å². The van der Waals surface area contributed by atoms with Crippen molar-refractivity contribution in [3.05, 3.63) is 47.8 Å². The van der Waals surface area contributed by atoms with Gasteiger partial charge in [-0.05, 0) is 50.5 Å². The smallest absolute Gasteiger partial charge is 0.254 e. The van der Waals surface area contributed by atoms with Gasteiger partial charge in [-0.3, -0.25) is 14.3 Å². The molecule has 2 aromatic rings. The number of amides is 2. The molecule has 1 aromatic heterocycles. The number of ether oxygens (including phenoxy) is 1. The van der Waals surface area contributed by atoms with Crippen molar-refractivity contribution in [2.75, 3.05) is 19.7 Å². The van der Waals surface area contributed by atoms with Crippen molar-refractivity contribution in [1.82, 2.24) is 20.0 Å². The summed E-state index contributed by atoms with van der Waals surface area (Å²) in [6.45, 7) is 6.67. The predicted octanol–water partition coefficient (Wildman–Crippen LogP) is 2.73. The number of benzene rings is 1. The van der Waals surface area contributed by atoms with E-state index in [0.29, 0.717) is 30.8 Å². The first-order valence-corrected chi connectivity index (χ1v) is 9.96. The van der Waals surface area contributed by atoms with E-state index in [1.165, 1.54) is 0 Å². The number of carbonyl (C=O) groups excluding carboxylic acids is 2. The third-order valence-corrected chi connectivity index (χ3v) is 4.88. The molecule has 0 bridgehead atoms. The normalized spacial score (nSPS) is 14.7. The molecule has 0 spiro atoms. The van der Waals surface area contributed by atoms with Gasteiger partial charge in [-0.15, -0.1) is 0 Å². The van der Waals surface area contributed by atoms with Gasteiger partial charge in [0.25, 0.3) is 11.8 Å². The summed E-state index contributed by atoms with van der Waals surface area (Å²) < 4.78 is 7.20. The number of rotatable bonds is 7. The first kappa shape index (κ1) is 19.9. The minimum absolute atomic E-state index is 0.0219. The molecule has 150 valence electrons. The van der Waals surface area contributed by atoms with Crippen LogP contribution in [0.4, 0.5) is 0 Å². The van der Waals surface area contributed by atoms with Gasteiger partial charge >= 0.3 is 0 Å². The molecule has 1 N–H and O–H groups in total. The highest BCUT2D eigenvalue weighted by Crippen LogP contribution is 2.17. The van der Waals surface area contributed by atoms with Crippen molar-refractivity contribution in [3.8, 4) is 5.75 Å². The average Bonchev–Trinajstić information content (AvgIpc) is 3.18. The zero-order chi connectivity index (χ0) is 19.9. The molecule has 0 radical (unpaired) electrons. The molecule has 28 heavy (non-hydrogen) atoms. The Kier molecular flexibility index (Phi) is 6.68. The van der Waals surface area contributed by atoms with Crippen LogP contribution in [0.15, 0.2) is 36.7 Å². The minimum Gasteiger partial charge on any atom is -0.494 e. The van der Waals surface area contributed by atoms with Gasteiger partial charge in [0.2, 0.25) is 0 Å². The van der Waals surface area contributed by atoms with E-state index in [0.717, 1.165) is 31.6 Å². The molecule has 1 aromatic carbocycles. The quantitative estimate of drug-likeness (QED) is 0.796. The molecule has 2 amide bonds. The molecule has 1 aliphatic heterocycles. The van der Waals surface area contributed by atoms with Crippen LogP contribution >= 0.6 is 0 Å². The molecular formula is C21H28N4O3. The van der Waals surface area contributed by atoms with Gasteiger partial charge in [0, 0.05) is 37.4 Å². The van der Waals surface area contributed by atoms with E-state index >= 15 is 0 Å². The Morgan fingerprint density at radius 3 is 2.50 bits per heavy atom. The maximum Gasteiger partial charge on any atom is 0.254 e. The van der Waals surface area contributed by atoms with E-state index in [2.05, 4.69) is 17.3 Å². The average molecular weight is 384 g/mol. The van der Waals surface area contributed by atoms with E-state index in [1.807, 2.05) is 24.0 Å². The fourth-order valence-electron chi connectivity index (χ4n) is 3.37. The number of aryl methyl sites for hydroxylation is 1. The van der Waals surface area contributed by atoms with Crippen LogP contribution in [0.3, 0.4) is 0 Å². The van der Waals surface area contributed by atoms with Crippen LogP contribution in [-0.2, 0) is 6.54 Å². The number of likely N-dealkylation sites (tertiary alicyclic amines) is 1. The molecule has 1 fully saturated rings. The van der Waals surface area contributed by atoms with Gasteiger partial charge in [-0.25, -0.2) is 0 Å². The molecule has 1 aliphatic rings. The number of piperidine rings is 1. The van der Waals surface area contributed by atoms with Crippen LogP contribution < -0.4 is 10.1 Å². The standard InChI is InChI=1S/C21H28N4O3/c1-3-11-25-15-17(14-22-25)20(26)23-18-9-12-24(13-10-18)21(27)16-5-7-19(8-6-16)28-4-2/h5-8,14-15,18H,3-4,9-13H2,1-2H3,(H,23,26). The van der Waals surface area contributed by atoms with Gasteiger partial charge in [0.1, 0.15) is 5.75 Å². The summed E-state index contributed by atoms with van der Waals surface area (Å²) in [5, 5.41) is 7.27. The summed E-state index contributed by atoms with van der Waals surface area (Å²) in [6, 6.07) is 7.32. The van der Waals surface area contributed by atoms with Crippen molar-refractivity contribution in [2.24, 2.45) is 0 Å². The second-order valence-electron chi connectivity index (χ2n) is 6.99. The zero-order valence-electron chi connectivity index (χ0n) is 16.6. The second kappa shape index (κ2) is 9.39. The molecule has 7 nitrogen and oxygen atoms in total. The molecule has 0 unspecified atom stereocenters. The number of hydrogen-bond donors (Lipinski definition) is 1. The fraction of sp³-hybridized carbons (Fsp3) is 0.476. The van der Waals surface area contributed by atoms with Gasteiger partial charge < -0.3 is 15.0 Å². The number of hydrogen-bond acceptors (Lipinski definition) is 4. The van der Waals surface area contributed by atoms with Crippen LogP contribution in [0.25, 0.3) is 0 Å². The Labute approximate surface area is 165 Å². The van der Waals surface area contributed by atoms with Crippen molar-refractivity contribution < 1.29 is 14.3 Å². The SMILES string of the molecule is CCCn1cc(C(=O)NC2CCN(C(=O)c3ccc(OCC)cc3)CC2)cn1. The molecule has 0 aliphatic carbocycles. The highest BCUT2D eigenvalue weighted by molar-refractivity contribution is 5.95. The third kappa shape index (κ3) is 4.91. The minimum atomic E-state index is -0.0985. The number of carbonyl (C=O) groups is 2. The van der Waals surface area contributed by atoms with Gasteiger partial charge in [0.15, 0.2) is 0 Å². The van der Waals surface area contributed by atoms with Crippen LogP contribution in [-0.4, -0.2) is 52.2 Å². The fourth-order valence-corrected chi connectivity index (χ4v) is 3.37. The first-order valence-electron chi connectivity index (χ1n) is 9.96. The summed E-state index contributed by atoms with van der Waals surface area (Å²) in [6.07, 6.45) is 5.86. The van der Waals surface area contributed by atoms with Gasteiger partial charge in [-0.2, -0.15) is 5.10 Å². The first-order chi connectivity index (χ1) is 13.6. The van der Waals surface area contributed by atoms with E-state index in [9.17, 15) is 9.59 Å². The molecule has 3 rings (SSSR count). The number of aromatic nitrogens is 2. The van der Waals surface area contributed by atoms with Crippen LogP contribution in [0.1, 0.15) is 53.8 Å². The molecule has 7 heteroatoms. The predicted molar refractivity (Wildman–Crippen MR) is 107 cm³/mol. The third-order valence-electron chi connectivity index (χ3n) is 4.88. The summed E-state index contributed by atoms with van der Waals surface area (Å²) in [5.74, 6) is 0.690. The monoisotopic (exact) mass is 384 g/mol. The van der Waals surface area contributed by atoms with Crippen molar-refractivity contribution in [3.63, 3.8) is 0 Å². The summed E-state index contributed by atoms with van der Waals surface area (Å²) in [4.78, 5) is 26.9. The lowest BCUT2D eigenvalue weighted by molar-refractivity contribution is 0.0698. The van der Waals surface area contributed by atoms with Crippen molar-refractivity contribution >= 4 is 11.8 Å². The Balaban J connectivity index is 1.49. The summed E-state index contributed by atoms with van der Waals surface area (Å²) in [5.41, 5.74) is 1.25. The van der Waals surface area contributed by atoms with Crippen LogP contribution in [0.2, 0.25) is 0 Å². The number of nitrogens with one attached hydrogen (secondary N) is 1. The van der Waals surface area contributed by atoms with Crippen LogP contribution in [0, 0.1) is 0 Å². The Morgan fingerprint density at radius 2 is 1.86 bits per heavy atom. The van der Waals surface area contributed by atoms with Gasteiger partial charge in [-0.1, -0.05) is 6.92 Å². The molecule has 1 saturated heterocycles. The lowest BCUT2D eigenvalue weighted by Gasteiger charge is -2.32. The maximum atomic E-state index is 12.7. The Bertz CT molecular complexity index is 792. The highest BCUT2D eigenvalue weighted by Gasteiger charge is 2.25. The van der Waals surface area contributed by atoms with E-state index in [-0.39, 0.29) is 17.9 Å². The maximum absolute atomic E-state index is 12.7. The van der Waals surface area contributed by atoms with Crippen molar-refractivity contribution in [2.45, 2.75) is 45.7 Å². The zero-order valence-corrected chi connectivity index (χ0v) is 16.6. The molecular weight excluding hydrogens is 356 g/mol. The highest BCUT2D eigenvalue weighted by atomic mass is 16.5. The van der Waals surface area contributed by atoms with Gasteiger partial charge in [0.05, 0.1) is 18.4 Å². The largest absolute Gasteiger partial charge is 0.494 e. The summed E-state index contributed by atoms with van der Waals surface area (Å²) >= 11 is 0. The molecule has 0 atom stereocenters. The molecule has 0 saturated carbocycles. The molecule has 2 heterocycles. The van der Waals surface area contributed by atoms with E-state index in [1.54, 1.807) is 29.2 Å². The van der Waals surface area contributed by atoms with Crippen LogP contribution in [0.5, 0.6) is 5.75 Å². The summed E-state index contributed by atoms with van der Waals surface area (Å²) in [7, 11) is 0. The topological polar surface area (TPSA) is 76.5 Å². The lowest BCUT2D eigenvalue weighted by Crippen LogP contribution is -2.46.